The van der Waals surface area contributed by atoms with Crippen LogP contribution < -0.4 is 10.0 Å². The molecule has 1 atom stereocenters. The molecule has 0 heterocycles. The predicted octanol–water partition coefficient (Wildman–Crippen LogP) is 4.08. The van der Waals surface area contributed by atoms with Crippen molar-refractivity contribution in [3.8, 4) is 17.2 Å². The first kappa shape index (κ1) is 31.0. The number of ether oxygens (including phenoxy) is 1. The molecule has 1 amide bonds. The van der Waals surface area contributed by atoms with Crippen molar-refractivity contribution in [3.63, 3.8) is 0 Å². The van der Waals surface area contributed by atoms with Crippen molar-refractivity contribution in [2.45, 2.75) is 39.5 Å². The molecule has 0 aliphatic carbocycles. The molecule has 0 aliphatic heterocycles. The highest BCUT2D eigenvalue weighted by Crippen LogP contribution is 2.23. The zero-order chi connectivity index (χ0) is 28.8. The van der Waals surface area contributed by atoms with Gasteiger partial charge in [0.2, 0.25) is 15.9 Å². The third-order valence-corrected chi connectivity index (χ3v) is 8.07. The van der Waals surface area contributed by atoms with E-state index >= 15 is 0 Å². The molecule has 0 bridgehead atoms. The number of rotatable bonds is 16. The van der Waals surface area contributed by atoms with E-state index in [0.717, 1.165) is 35.3 Å². The zero-order valence-electron chi connectivity index (χ0n) is 23.2. The third-order valence-electron chi connectivity index (χ3n) is 6.60. The largest absolute Gasteiger partial charge is 0.375 e. The molecular formula is C31H38N4O4S. The number of carbonyl (C=O) groups excluding carboxylic acids is 1. The third kappa shape index (κ3) is 9.88. The van der Waals surface area contributed by atoms with Crippen LogP contribution in [0, 0.1) is 11.3 Å². The second kappa shape index (κ2) is 15.9. The molecule has 0 spiro atoms. The Labute approximate surface area is 238 Å². The second-order valence-electron chi connectivity index (χ2n) is 9.44. The van der Waals surface area contributed by atoms with Gasteiger partial charge in [0.25, 0.3) is 0 Å². The van der Waals surface area contributed by atoms with Gasteiger partial charge in [0.15, 0.2) is 0 Å². The van der Waals surface area contributed by atoms with E-state index in [1.807, 2.05) is 86.6 Å². The number of sulfonamides is 1. The molecule has 0 radical (unpaired) electrons. The van der Waals surface area contributed by atoms with Crippen LogP contribution >= 0.6 is 0 Å². The Morgan fingerprint density at radius 1 is 0.950 bits per heavy atom. The van der Waals surface area contributed by atoms with Gasteiger partial charge < -0.3 is 15.0 Å². The van der Waals surface area contributed by atoms with Crippen molar-refractivity contribution in [1.29, 1.82) is 5.26 Å². The van der Waals surface area contributed by atoms with Crippen LogP contribution in [0.5, 0.6) is 0 Å². The van der Waals surface area contributed by atoms with Gasteiger partial charge in [-0.15, -0.1) is 0 Å². The van der Waals surface area contributed by atoms with E-state index in [-0.39, 0.29) is 25.5 Å². The summed E-state index contributed by atoms with van der Waals surface area (Å²) in [6.07, 6.45) is 0.470. The zero-order valence-corrected chi connectivity index (χ0v) is 24.0. The Morgan fingerprint density at radius 3 is 2.30 bits per heavy atom. The van der Waals surface area contributed by atoms with Crippen molar-refractivity contribution in [2.75, 3.05) is 32.0 Å². The maximum Gasteiger partial charge on any atom is 0.240 e. The first-order valence-corrected chi connectivity index (χ1v) is 15.2. The summed E-state index contributed by atoms with van der Waals surface area (Å²) >= 11 is 0. The van der Waals surface area contributed by atoms with E-state index in [2.05, 4.69) is 21.0 Å². The molecule has 0 aliphatic rings. The van der Waals surface area contributed by atoms with Gasteiger partial charge in [-0.25, -0.2) is 13.1 Å². The minimum absolute atomic E-state index is 0.0718. The maximum absolute atomic E-state index is 13.1. The van der Waals surface area contributed by atoms with Gasteiger partial charge in [0.1, 0.15) is 6.04 Å². The summed E-state index contributed by atoms with van der Waals surface area (Å²) in [7, 11) is -3.70. The number of hydrogen-bond acceptors (Lipinski definition) is 6. The summed E-state index contributed by atoms with van der Waals surface area (Å²) in [6, 6.07) is 25.6. The molecule has 3 rings (SSSR count). The predicted molar refractivity (Wildman–Crippen MR) is 158 cm³/mol. The Kier molecular flexibility index (Phi) is 12.3. The molecular weight excluding hydrogens is 524 g/mol. The molecule has 0 fully saturated rings. The molecule has 212 valence electrons. The van der Waals surface area contributed by atoms with E-state index in [9.17, 15) is 18.5 Å². The van der Waals surface area contributed by atoms with E-state index in [1.165, 1.54) is 0 Å². The average Bonchev–Trinajstić information content (AvgIpc) is 2.98. The van der Waals surface area contributed by atoms with Gasteiger partial charge in [-0.2, -0.15) is 5.26 Å². The fraction of sp³-hybridized carbons (Fsp3) is 0.355. The van der Waals surface area contributed by atoms with Crippen LogP contribution in [-0.4, -0.2) is 57.3 Å². The quantitative estimate of drug-likeness (QED) is 0.272. The van der Waals surface area contributed by atoms with E-state index in [4.69, 9.17) is 4.74 Å². The SMILES string of the molecule is CCN(CC)CCCS(=O)(=O)N[C@H](COCc1ccccc1)C(=O)NCc1ccc(-c2ccccc2C#N)cc1. The lowest BCUT2D eigenvalue weighted by atomic mass is 9.99. The number of amides is 1. The molecule has 8 nitrogen and oxygen atoms in total. The normalized spacial score (nSPS) is 12.2. The minimum atomic E-state index is -3.70. The Balaban J connectivity index is 1.62. The lowest BCUT2D eigenvalue weighted by Crippen LogP contribution is -2.49. The molecule has 40 heavy (non-hydrogen) atoms. The van der Waals surface area contributed by atoms with Crippen LogP contribution in [0.15, 0.2) is 78.9 Å². The summed E-state index contributed by atoms with van der Waals surface area (Å²) in [6.45, 7) is 6.85. The van der Waals surface area contributed by atoms with Crippen molar-refractivity contribution < 1.29 is 17.9 Å². The molecule has 9 heteroatoms. The van der Waals surface area contributed by atoms with E-state index in [0.29, 0.717) is 18.5 Å². The Morgan fingerprint density at radius 2 is 1.62 bits per heavy atom. The summed E-state index contributed by atoms with van der Waals surface area (Å²) in [5.41, 5.74) is 4.11. The van der Waals surface area contributed by atoms with Gasteiger partial charge in [-0.1, -0.05) is 86.6 Å². The fourth-order valence-electron chi connectivity index (χ4n) is 4.27. The summed E-state index contributed by atoms with van der Waals surface area (Å²) in [5, 5.41) is 12.2. The number of hydrogen-bond donors (Lipinski definition) is 2. The Hall–Kier alpha value is -3.55. The second-order valence-corrected chi connectivity index (χ2v) is 11.3. The molecule has 3 aromatic rings. The van der Waals surface area contributed by atoms with Crippen molar-refractivity contribution in [1.82, 2.24) is 14.9 Å². The van der Waals surface area contributed by atoms with Gasteiger partial charge in [0, 0.05) is 6.54 Å². The molecule has 0 saturated heterocycles. The highest BCUT2D eigenvalue weighted by Gasteiger charge is 2.25. The summed E-state index contributed by atoms with van der Waals surface area (Å²) in [4.78, 5) is 15.3. The van der Waals surface area contributed by atoms with Crippen LogP contribution in [-0.2, 0) is 32.7 Å². The smallest absolute Gasteiger partial charge is 0.240 e. The highest BCUT2D eigenvalue weighted by molar-refractivity contribution is 7.89. The van der Waals surface area contributed by atoms with Gasteiger partial charge in [-0.3, -0.25) is 4.79 Å². The van der Waals surface area contributed by atoms with Crippen molar-refractivity contribution >= 4 is 15.9 Å². The summed E-state index contributed by atoms with van der Waals surface area (Å²) < 4.78 is 34.0. The van der Waals surface area contributed by atoms with E-state index < -0.39 is 22.0 Å². The molecule has 2 N–H and O–H groups in total. The topological polar surface area (TPSA) is 112 Å². The maximum atomic E-state index is 13.1. The monoisotopic (exact) mass is 562 g/mol. The van der Waals surface area contributed by atoms with Crippen LogP contribution in [0.3, 0.4) is 0 Å². The molecule has 0 saturated carbocycles. The first-order valence-electron chi connectivity index (χ1n) is 13.5. The number of nitrogens with one attached hydrogen (secondary N) is 2. The van der Waals surface area contributed by atoms with Gasteiger partial charge in [-0.05, 0) is 54.4 Å². The summed E-state index contributed by atoms with van der Waals surface area (Å²) in [5.74, 6) is -0.531. The number of nitrogens with zero attached hydrogens (tertiary/aromatic N) is 2. The first-order chi connectivity index (χ1) is 19.3. The van der Waals surface area contributed by atoms with Crippen molar-refractivity contribution in [2.24, 2.45) is 0 Å². The van der Waals surface area contributed by atoms with Gasteiger partial charge in [0.05, 0.1) is 30.6 Å². The average molecular weight is 563 g/mol. The fourth-order valence-corrected chi connectivity index (χ4v) is 5.51. The van der Waals surface area contributed by atoms with Crippen LogP contribution in [0.2, 0.25) is 0 Å². The van der Waals surface area contributed by atoms with Crippen LogP contribution in [0.1, 0.15) is 37.0 Å². The van der Waals surface area contributed by atoms with Gasteiger partial charge >= 0.3 is 0 Å². The standard InChI is InChI=1S/C31H38N4O4S/c1-3-35(4-2)19-10-20-40(37,38)34-30(24-39-23-26-11-6-5-7-12-26)31(36)33-22-25-15-17-27(18-16-25)29-14-9-8-13-28(29)21-32/h5-9,11-18,30,34H,3-4,10,19-20,22-24H2,1-2H3,(H,33,36)/t30-/m1/s1. The minimum Gasteiger partial charge on any atom is -0.375 e. The molecule has 3 aromatic carbocycles. The van der Waals surface area contributed by atoms with E-state index in [1.54, 1.807) is 6.07 Å². The van der Waals surface area contributed by atoms with Crippen LogP contribution in [0.25, 0.3) is 11.1 Å². The molecule has 0 aromatic heterocycles. The molecule has 0 unspecified atom stereocenters. The lowest BCUT2D eigenvalue weighted by molar-refractivity contribution is -0.124. The van der Waals surface area contributed by atoms with Crippen molar-refractivity contribution in [3.05, 3.63) is 95.6 Å². The number of benzene rings is 3. The van der Waals surface area contributed by atoms with Crippen LogP contribution in [0.4, 0.5) is 0 Å². The highest BCUT2D eigenvalue weighted by atomic mass is 32.2. The number of nitriles is 1. The lowest BCUT2D eigenvalue weighted by Gasteiger charge is -2.20. The number of carbonyl (C=O) groups is 1. The Bertz CT molecular complexity index is 1350.